The van der Waals surface area contributed by atoms with Crippen LogP contribution in [0.4, 0.5) is 4.79 Å². The molecule has 0 bridgehead atoms. The lowest BCUT2D eigenvalue weighted by Gasteiger charge is -2.31. The number of nitrogens with zero attached hydrogens (tertiary/aromatic N) is 1. The van der Waals surface area contributed by atoms with Crippen LogP contribution in [-0.4, -0.2) is 49.6 Å². The molecule has 25 heavy (non-hydrogen) atoms. The van der Waals surface area contributed by atoms with E-state index in [0.717, 1.165) is 45.3 Å². The van der Waals surface area contributed by atoms with Crippen LogP contribution in [-0.2, 0) is 11.2 Å². The van der Waals surface area contributed by atoms with Crippen LogP contribution in [0.25, 0.3) is 0 Å². The average molecular weight is 346 g/mol. The summed E-state index contributed by atoms with van der Waals surface area (Å²) in [4.78, 5) is 25.3. The van der Waals surface area contributed by atoms with Crippen LogP contribution in [0.1, 0.15) is 30.4 Å². The van der Waals surface area contributed by atoms with Crippen LogP contribution in [0.2, 0.25) is 0 Å². The van der Waals surface area contributed by atoms with Crippen molar-refractivity contribution in [3.05, 3.63) is 35.4 Å². The summed E-state index contributed by atoms with van der Waals surface area (Å²) in [7, 11) is 0. The lowest BCUT2D eigenvalue weighted by molar-refractivity contribution is -0.123. The molecule has 6 heteroatoms. The standard InChI is InChI=1S/C19H30N4O2/c1-15-5-2-6-16(13-15)8-10-22-19(25)21-9-4-12-23-11-3-7-17(14-23)18(20)24/h2,5-6,13,17H,3-4,7-12,14H2,1H3,(H2,20,24)(H2,21,22,25)/t17-/m1/s1. The SMILES string of the molecule is Cc1cccc(CCNC(=O)NCCCN2CCC[C@@H](C(N)=O)C2)c1. The molecule has 4 N–H and O–H groups in total. The topological polar surface area (TPSA) is 87.5 Å². The van der Waals surface area contributed by atoms with Crippen molar-refractivity contribution in [1.29, 1.82) is 0 Å². The van der Waals surface area contributed by atoms with Gasteiger partial charge in [-0.1, -0.05) is 29.8 Å². The molecular weight excluding hydrogens is 316 g/mol. The maximum Gasteiger partial charge on any atom is 0.314 e. The smallest absolute Gasteiger partial charge is 0.314 e. The summed E-state index contributed by atoms with van der Waals surface area (Å²) in [5.74, 6) is -0.220. The summed E-state index contributed by atoms with van der Waals surface area (Å²) in [5, 5.41) is 5.77. The van der Waals surface area contributed by atoms with Crippen molar-refractivity contribution in [2.45, 2.75) is 32.6 Å². The minimum Gasteiger partial charge on any atom is -0.369 e. The molecule has 2 rings (SSSR count). The molecule has 1 aromatic carbocycles. The van der Waals surface area contributed by atoms with Crippen molar-refractivity contribution >= 4 is 11.9 Å². The molecule has 0 spiro atoms. The fourth-order valence-corrected chi connectivity index (χ4v) is 3.25. The van der Waals surface area contributed by atoms with E-state index in [0.29, 0.717) is 13.1 Å². The van der Waals surface area contributed by atoms with E-state index in [1.807, 2.05) is 6.07 Å². The molecule has 0 radical (unpaired) electrons. The van der Waals surface area contributed by atoms with Crippen LogP contribution in [0.15, 0.2) is 24.3 Å². The molecular formula is C19H30N4O2. The third kappa shape index (κ3) is 7.13. The lowest BCUT2D eigenvalue weighted by atomic mass is 9.97. The number of aryl methyl sites for hydroxylation is 1. The first-order valence-electron chi connectivity index (χ1n) is 9.13. The molecule has 138 valence electrons. The van der Waals surface area contributed by atoms with Gasteiger partial charge in [-0.05, 0) is 51.3 Å². The molecule has 0 aromatic heterocycles. The van der Waals surface area contributed by atoms with E-state index in [1.54, 1.807) is 0 Å². The van der Waals surface area contributed by atoms with Gasteiger partial charge in [0.25, 0.3) is 0 Å². The highest BCUT2D eigenvalue weighted by molar-refractivity contribution is 5.77. The van der Waals surface area contributed by atoms with Gasteiger partial charge in [-0.3, -0.25) is 4.79 Å². The highest BCUT2D eigenvalue weighted by Crippen LogP contribution is 2.15. The van der Waals surface area contributed by atoms with Gasteiger partial charge in [0.2, 0.25) is 5.91 Å². The zero-order chi connectivity index (χ0) is 18.1. The summed E-state index contributed by atoms with van der Waals surface area (Å²) < 4.78 is 0. The van der Waals surface area contributed by atoms with Crippen LogP contribution in [0.5, 0.6) is 0 Å². The van der Waals surface area contributed by atoms with Gasteiger partial charge in [0.05, 0.1) is 5.92 Å². The molecule has 1 fully saturated rings. The number of urea groups is 1. The number of piperidine rings is 1. The normalized spacial score (nSPS) is 17.9. The van der Waals surface area contributed by atoms with Gasteiger partial charge in [-0.15, -0.1) is 0 Å². The number of likely N-dealkylation sites (tertiary alicyclic amines) is 1. The van der Waals surface area contributed by atoms with Crippen LogP contribution < -0.4 is 16.4 Å². The second-order valence-electron chi connectivity index (χ2n) is 6.82. The first-order valence-corrected chi connectivity index (χ1v) is 9.13. The fraction of sp³-hybridized carbons (Fsp3) is 0.579. The fourth-order valence-electron chi connectivity index (χ4n) is 3.25. The molecule has 1 aromatic rings. The predicted molar refractivity (Wildman–Crippen MR) is 99.3 cm³/mol. The first-order chi connectivity index (χ1) is 12.0. The maximum atomic E-state index is 11.8. The number of primary amides is 1. The molecule has 0 saturated carbocycles. The molecule has 0 aliphatic carbocycles. The van der Waals surface area contributed by atoms with Gasteiger partial charge >= 0.3 is 6.03 Å². The zero-order valence-corrected chi connectivity index (χ0v) is 15.1. The van der Waals surface area contributed by atoms with Crippen molar-refractivity contribution in [3.8, 4) is 0 Å². The molecule has 1 atom stereocenters. The highest BCUT2D eigenvalue weighted by Gasteiger charge is 2.23. The Balaban J connectivity index is 1.54. The van der Waals surface area contributed by atoms with Crippen molar-refractivity contribution in [2.24, 2.45) is 11.7 Å². The van der Waals surface area contributed by atoms with Crippen LogP contribution in [0, 0.1) is 12.8 Å². The minimum absolute atomic E-state index is 0.0216. The van der Waals surface area contributed by atoms with Crippen LogP contribution in [0.3, 0.4) is 0 Å². The summed E-state index contributed by atoms with van der Waals surface area (Å²) in [6.45, 7) is 5.96. The second-order valence-corrected chi connectivity index (χ2v) is 6.82. The quantitative estimate of drug-likeness (QED) is 0.622. The van der Waals surface area contributed by atoms with E-state index >= 15 is 0 Å². The van der Waals surface area contributed by atoms with Gasteiger partial charge < -0.3 is 21.3 Å². The van der Waals surface area contributed by atoms with Crippen molar-refractivity contribution < 1.29 is 9.59 Å². The van der Waals surface area contributed by atoms with E-state index in [9.17, 15) is 9.59 Å². The third-order valence-corrected chi connectivity index (χ3v) is 4.63. The zero-order valence-electron chi connectivity index (χ0n) is 15.1. The molecule has 6 nitrogen and oxygen atoms in total. The van der Waals surface area contributed by atoms with E-state index < -0.39 is 0 Å². The summed E-state index contributed by atoms with van der Waals surface area (Å²) in [6.07, 6.45) is 3.61. The molecule has 3 amide bonds. The Kier molecular flexibility index (Phi) is 7.73. The maximum absolute atomic E-state index is 11.8. The lowest BCUT2D eigenvalue weighted by Crippen LogP contribution is -2.42. The predicted octanol–water partition coefficient (Wildman–Crippen LogP) is 1.42. The molecule has 1 heterocycles. The van der Waals surface area contributed by atoms with Gasteiger partial charge in [0.1, 0.15) is 0 Å². The highest BCUT2D eigenvalue weighted by atomic mass is 16.2. The van der Waals surface area contributed by atoms with E-state index in [2.05, 4.69) is 40.7 Å². The van der Waals surface area contributed by atoms with Crippen molar-refractivity contribution in [3.63, 3.8) is 0 Å². The van der Waals surface area contributed by atoms with Crippen molar-refractivity contribution in [1.82, 2.24) is 15.5 Å². The Bertz CT molecular complexity index is 576. The number of hydrogen-bond donors (Lipinski definition) is 3. The summed E-state index contributed by atoms with van der Waals surface area (Å²) in [6, 6.07) is 8.19. The monoisotopic (exact) mass is 346 g/mol. The number of carbonyl (C=O) groups excluding carboxylic acids is 2. The van der Waals surface area contributed by atoms with Gasteiger partial charge in [-0.2, -0.15) is 0 Å². The molecule has 1 aliphatic rings. The number of rotatable bonds is 8. The van der Waals surface area contributed by atoms with E-state index in [4.69, 9.17) is 5.73 Å². The largest absolute Gasteiger partial charge is 0.369 e. The molecule has 1 saturated heterocycles. The Labute approximate surface area is 150 Å². The molecule has 1 aliphatic heterocycles. The number of benzene rings is 1. The third-order valence-electron chi connectivity index (χ3n) is 4.63. The number of hydrogen-bond acceptors (Lipinski definition) is 3. The van der Waals surface area contributed by atoms with E-state index in [1.165, 1.54) is 11.1 Å². The molecule has 0 unspecified atom stereocenters. The number of carbonyl (C=O) groups is 2. The average Bonchev–Trinajstić information content (AvgIpc) is 2.59. The van der Waals surface area contributed by atoms with Gasteiger partial charge in [-0.25, -0.2) is 4.79 Å². The Morgan fingerprint density at radius 2 is 2.08 bits per heavy atom. The summed E-state index contributed by atoms with van der Waals surface area (Å²) in [5.41, 5.74) is 7.86. The van der Waals surface area contributed by atoms with Gasteiger partial charge in [0, 0.05) is 19.6 Å². The van der Waals surface area contributed by atoms with Crippen molar-refractivity contribution in [2.75, 3.05) is 32.7 Å². The van der Waals surface area contributed by atoms with Gasteiger partial charge in [0.15, 0.2) is 0 Å². The first kappa shape index (κ1) is 19.2. The minimum atomic E-state index is -0.198. The Hall–Kier alpha value is -2.08. The van der Waals surface area contributed by atoms with Crippen LogP contribution >= 0.6 is 0 Å². The number of amides is 3. The second kappa shape index (κ2) is 10.0. The number of nitrogens with two attached hydrogens (primary N) is 1. The number of nitrogens with one attached hydrogen (secondary N) is 2. The Morgan fingerprint density at radius 3 is 2.84 bits per heavy atom. The Morgan fingerprint density at radius 1 is 1.28 bits per heavy atom. The van der Waals surface area contributed by atoms with E-state index in [-0.39, 0.29) is 17.9 Å². The summed E-state index contributed by atoms with van der Waals surface area (Å²) >= 11 is 0.